The Morgan fingerprint density at radius 3 is 3.21 bits per heavy atom. The Morgan fingerprint density at radius 1 is 1.79 bits per heavy atom. The second kappa shape index (κ2) is 3.39. The highest BCUT2D eigenvalue weighted by Gasteiger charge is 2.55. The molecule has 0 bridgehead atoms. The van der Waals surface area contributed by atoms with E-state index in [9.17, 15) is 4.79 Å². The number of esters is 1. The lowest BCUT2D eigenvalue weighted by Gasteiger charge is -2.21. The van der Waals surface area contributed by atoms with Crippen molar-refractivity contribution in [2.45, 2.75) is 37.9 Å². The van der Waals surface area contributed by atoms with Gasteiger partial charge in [-0.2, -0.15) is 0 Å². The van der Waals surface area contributed by atoms with Gasteiger partial charge in [0.05, 0.1) is 18.3 Å². The largest absolute Gasteiger partial charge is 0.462 e. The third-order valence-corrected chi connectivity index (χ3v) is 3.26. The van der Waals surface area contributed by atoms with Crippen molar-refractivity contribution >= 4 is 5.97 Å². The van der Waals surface area contributed by atoms with Gasteiger partial charge in [-0.3, -0.25) is 0 Å². The molecule has 3 heteroatoms. The van der Waals surface area contributed by atoms with E-state index in [0.29, 0.717) is 18.6 Å². The van der Waals surface area contributed by atoms with Crippen LogP contribution >= 0.6 is 0 Å². The highest BCUT2D eigenvalue weighted by Crippen LogP contribution is 2.49. The lowest BCUT2D eigenvalue weighted by atomic mass is 9.83. The average molecular weight is 196 g/mol. The first-order valence-electron chi connectivity index (χ1n) is 5.11. The smallest absolute Gasteiger partial charge is 0.330 e. The molecule has 1 aliphatic heterocycles. The van der Waals surface area contributed by atoms with E-state index in [1.54, 1.807) is 0 Å². The Labute approximate surface area is 84.1 Å². The van der Waals surface area contributed by atoms with Crippen molar-refractivity contribution in [2.24, 2.45) is 5.92 Å². The van der Waals surface area contributed by atoms with Gasteiger partial charge in [0.1, 0.15) is 0 Å². The molecule has 14 heavy (non-hydrogen) atoms. The molecule has 1 aliphatic carbocycles. The summed E-state index contributed by atoms with van der Waals surface area (Å²) >= 11 is 0. The number of fused-ring (bicyclic) bond motifs is 1. The summed E-state index contributed by atoms with van der Waals surface area (Å²) in [7, 11) is 0. The van der Waals surface area contributed by atoms with Crippen LogP contribution in [0.1, 0.15) is 26.2 Å². The Morgan fingerprint density at radius 2 is 2.57 bits per heavy atom. The number of rotatable bonds is 3. The van der Waals surface area contributed by atoms with Crippen LogP contribution in [0.15, 0.2) is 12.7 Å². The lowest BCUT2D eigenvalue weighted by molar-refractivity contribution is -0.139. The van der Waals surface area contributed by atoms with E-state index in [0.717, 1.165) is 19.3 Å². The fourth-order valence-electron chi connectivity index (χ4n) is 2.13. The highest BCUT2D eigenvalue weighted by molar-refractivity contribution is 5.81. The quantitative estimate of drug-likeness (QED) is 0.391. The van der Waals surface area contributed by atoms with Crippen LogP contribution in [0.4, 0.5) is 0 Å². The topological polar surface area (TPSA) is 38.8 Å². The lowest BCUT2D eigenvalue weighted by Crippen LogP contribution is -2.24. The predicted octanol–water partition coefficient (Wildman–Crippen LogP) is 1.67. The van der Waals surface area contributed by atoms with Crippen LogP contribution in [0.25, 0.3) is 0 Å². The minimum absolute atomic E-state index is 0.152. The second-order valence-electron chi connectivity index (χ2n) is 4.39. The van der Waals surface area contributed by atoms with Gasteiger partial charge in [0.2, 0.25) is 0 Å². The molecule has 0 aromatic heterocycles. The predicted molar refractivity (Wildman–Crippen MR) is 51.8 cm³/mol. The van der Waals surface area contributed by atoms with Crippen molar-refractivity contribution in [1.29, 1.82) is 0 Å². The molecule has 3 nitrogen and oxygen atoms in total. The Balaban J connectivity index is 1.73. The van der Waals surface area contributed by atoms with Gasteiger partial charge >= 0.3 is 5.97 Å². The SMILES string of the molecule is C=CC(=O)OCC1CCC2(C)OC2C1. The molecular formula is C11H16O3. The summed E-state index contributed by atoms with van der Waals surface area (Å²) in [5.41, 5.74) is 0.152. The molecule has 0 amide bonds. The first kappa shape index (κ1) is 9.71. The molecule has 0 radical (unpaired) electrons. The summed E-state index contributed by atoms with van der Waals surface area (Å²) in [6, 6.07) is 0. The minimum atomic E-state index is -0.324. The number of hydrogen-bond donors (Lipinski definition) is 0. The van der Waals surface area contributed by atoms with Crippen LogP contribution in [0.5, 0.6) is 0 Å². The first-order valence-corrected chi connectivity index (χ1v) is 5.11. The standard InChI is InChI=1S/C11H16O3/c1-3-10(12)13-7-8-4-5-11(2)9(6-8)14-11/h3,8-9H,1,4-7H2,2H3. The zero-order chi connectivity index (χ0) is 10.2. The highest BCUT2D eigenvalue weighted by atomic mass is 16.6. The van der Waals surface area contributed by atoms with Crippen LogP contribution in [-0.4, -0.2) is 24.3 Å². The molecular weight excluding hydrogens is 180 g/mol. The Kier molecular flexibility index (Phi) is 2.35. The summed E-state index contributed by atoms with van der Waals surface area (Å²) in [6.07, 6.45) is 4.83. The fraction of sp³-hybridized carbons (Fsp3) is 0.727. The Hall–Kier alpha value is -0.830. The molecule has 78 valence electrons. The minimum Gasteiger partial charge on any atom is -0.462 e. The van der Waals surface area contributed by atoms with Gasteiger partial charge in [-0.25, -0.2) is 4.79 Å². The van der Waals surface area contributed by atoms with Crippen molar-refractivity contribution in [1.82, 2.24) is 0 Å². The molecule has 0 spiro atoms. The van der Waals surface area contributed by atoms with Crippen LogP contribution in [0.2, 0.25) is 0 Å². The maximum atomic E-state index is 10.8. The molecule has 3 atom stereocenters. The number of hydrogen-bond acceptors (Lipinski definition) is 3. The third kappa shape index (κ3) is 1.82. The van der Waals surface area contributed by atoms with Gasteiger partial charge in [0.25, 0.3) is 0 Å². The summed E-state index contributed by atoms with van der Waals surface area (Å²) in [5, 5.41) is 0. The van der Waals surface area contributed by atoms with Crippen molar-refractivity contribution < 1.29 is 14.3 Å². The normalized spacial score (nSPS) is 39.8. The third-order valence-electron chi connectivity index (χ3n) is 3.26. The van der Waals surface area contributed by atoms with Crippen molar-refractivity contribution in [3.05, 3.63) is 12.7 Å². The maximum absolute atomic E-state index is 10.8. The molecule has 2 aliphatic rings. The van der Waals surface area contributed by atoms with Gasteiger partial charge in [-0.15, -0.1) is 0 Å². The van der Waals surface area contributed by atoms with E-state index < -0.39 is 0 Å². The monoisotopic (exact) mass is 196 g/mol. The molecule has 0 N–H and O–H groups in total. The second-order valence-corrected chi connectivity index (χ2v) is 4.39. The van der Waals surface area contributed by atoms with Crippen LogP contribution in [-0.2, 0) is 14.3 Å². The zero-order valence-electron chi connectivity index (χ0n) is 8.49. The number of carbonyl (C=O) groups is 1. The van der Waals surface area contributed by atoms with E-state index in [1.165, 1.54) is 6.08 Å². The molecule has 1 saturated heterocycles. The van der Waals surface area contributed by atoms with Crippen LogP contribution in [0.3, 0.4) is 0 Å². The maximum Gasteiger partial charge on any atom is 0.330 e. The number of epoxide rings is 1. The number of carbonyl (C=O) groups excluding carboxylic acids is 1. The number of ether oxygens (including phenoxy) is 2. The van der Waals surface area contributed by atoms with E-state index in [2.05, 4.69) is 13.5 Å². The summed E-state index contributed by atoms with van der Waals surface area (Å²) in [4.78, 5) is 10.8. The zero-order valence-corrected chi connectivity index (χ0v) is 8.49. The average Bonchev–Trinajstić information content (AvgIpc) is 2.85. The van der Waals surface area contributed by atoms with Crippen molar-refractivity contribution in [3.8, 4) is 0 Å². The molecule has 2 fully saturated rings. The van der Waals surface area contributed by atoms with E-state index >= 15 is 0 Å². The first-order chi connectivity index (χ1) is 6.64. The molecule has 0 aromatic rings. The molecule has 0 aromatic carbocycles. The van der Waals surface area contributed by atoms with Gasteiger partial charge in [-0.05, 0) is 32.1 Å². The fourth-order valence-corrected chi connectivity index (χ4v) is 2.13. The summed E-state index contributed by atoms with van der Waals surface area (Å²) < 4.78 is 10.6. The van der Waals surface area contributed by atoms with Gasteiger partial charge in [-0.1, -0.05) is 6.58 Å². The van der Waals surface area contributed by atoms with Crippen molar-refractivity contribution in [3.63, 3.8) is 0 Å². The van der Waals surface area contributed by atoms with E-state index in [1.807, 2.05) is 0 Å². The molecule has 1 saturated carbocycles. The van der Waals surface area contributed by atoms with Crippen LogP contribution in [0, 0.1) is 5.92 Å². The van der Waals surface area contributed by atoms with Gasteiger partial charge in [0.15, 0.2) is 0 Å². The molecule has 1 heterocycles. The van der Waals surface area contributed by atoms with Gasteiger partial charge in [0, 0.05) is 6.08 Å². The van der Waals surface area contributed by atoms with E-state index in [4.69, 9.17) is 9.47 Å². The van der Waals surface area contributed by atoms with Gasteiger partial charge < -0.3 is 9.47 Å². The molecule has 3 unspecified atom stereocenters. The summed E-state index contributed by atoms with van der Waals surface area (Å²) in [5.74, 6) is 0.148. The van der Waals surface area contributed by atoms with Crippen molar-refractivity contribution in [2.75, 3.05) is 6.61 Å². The van der Waals surface area contributed by atoms with E-state index in [-0.39, 0.29) is 11.6 Å². The van der Waals surface area contributed by atoms with Crippen LogP contribution < -0.4 is 0 Å². The molecule has 2 rings (SSSR count). The Bertz CT molecular complexity index is 261. The summed E-state index contributed by atoms with van der Waals surface area (Å²) in [6.45, 7) is 6.03.